The van der Waals surface area contributed by atoms with Gasteiger partial charge in [0.1, 0.15) is 0 Å². The molecule has 2 heteroatoms. The quantitative estimate of drug-likeness (QED) is 0.148. The number of nitrogens with zero attached hydrogens (tertiary/aromatic N) is 1. The van der Waals surface area contributed by atoms with Gasteiger partial charge in [-0.2, -0.15) is 0 Å². The first-order valence-electron chi connectivity index (χ1n) is 19.8. The molecule has 1 aliphatic carbocycles. The minimum atomic E-state index is 0.0493. The van der Waals surface area contributed by atoms with Gasteiger partial charge in [-0.05, 0) is 99.5 Å². The van der Waals surface area contributed by atoms with E-state index in [1.165, 1.54) is 114 Å². The van der Waals surface area contributed by atoms with Gasteiger partial charge in [0.2, 0.25) is 0 Å². The van der Waals surface area contributed by atoms with E-state index in [4.69, 9.17) is 0 Å². The Bertz CT molecular complexity index is 2730. The van der Waals surface area contributed by atoms with Crippen molar-refractivity contribution in [2.24, 2.45) is 0 Å². The summed E-state index contributed by atoms with van der Waals surface area (Å²) in [4.78, 5) is 2.45. The molecule has 0 unspecified atom stereocenters. The Labute approximate surface area is 328 Å². The lowest BCUT2D eigenvalue weighted by molar-refractivity contribution is 0.446. The lowest BCUT2D eigenvalue weighted by Gasteiger charge is -2.35. The Morgan fingerprint density at radius 3 is 1.75 bits per heavy atom. The van der Waals surface area contributed by atoms with Crippen LogP contribution in [0.25, 0.3) is 53.2 Å². The minimum Gasteiger partial charge on any atom is -0.310 e. The van der Waals surface area contributed by atoms with E-state index < -0.39 is 0 Å². The molecule has 8 aromatic carbocycles. The molecule has 0 radical (unpaired) electrons. The van der Waals surface area contributed by atoms with E-state index in [2.05, 4.69) is 193 Å². The van der Waals surface area contributed by atoms with Gasteiger partial charge in [-0.25, -0.2) is 0 Å². The first kappa shape index (κ1) is 33.6. The maximum atomic E-state index is 2.45. The zero-order valence-electron chi connectivity index (χ0n) is 31.0. The molecule has 1 heterocycles. The largest absolute Gasteiger partial charge is 0.310 e. The molecule has 1 aromatic heterocycles. The van der Waals surface area contributed by atoms with Gasteiger partial charge in [0.15, 0.2) is 0 Å². The summed E-state index contributed by atoms with van der Waals surface area (Å²) >= 11 is 1.89. The number of hydrogen-bond acceptors (Lipinski definition) is 2. The van der Waals surface area contributed by atoms with Crippen LogP contribution in [0.4, 0.5) is 17.1 Å². The smallest absolute Gasteiger partial charge is 0.0476 e. The van der Waals surface area contributed by atoms with Crippen molar-refractivity contribution in [3.05, 3.63) is 199 Å². The van der Waals surface area contributed by atoms with Gasteiger partial charge in [-0.1, -0.05) is 171 Å². The molecule has 0 N–H and O–H groups in total. The van der Waals surface area contributed by atoms with Gasteiger partial charge in [0, 0.05) is 42.6 Å². The summed E-state index contributed by atoms with van der Waals surface area (Å²) in [5, 5.41) is 5.19. The molecular formula is C53H43NS. The van der Waals surface area contributed by atoms with E-state index in [0.717, 1.165) is 5.69 Å². The number of hydrogen-bond donors (Lipinski definition) is 0. The van der Waals surface area contributed by atoms with Crippen LogP contribution in [-0.4, -0.2) is 0 Å². The van der Waals surface area contributed by atoms with Gasteiger partial charge in [0.05, 0.1) is 0 Å². The first-order chi connectivity index (χ1) is 27.2. The third-order valence-corrected chi connectivity index (χ3v) is 13.1. The molecule has 0 spiro atoms. The van der Waals surface area contributed by atoms with Crippen LogP contribution in [0.1, 0.15) is 49.7 Å². The van der Waals surface area contributed by atoms with E-state index >= 15 is 0 Å². The molecule has 0 atom stereocenters. The Balaban J connectivity index is 1.10. The van der Waals surface area contributed by atoms with Crippen LogP contribution in [0.3, 0.4) is 0 Å². The van der Waals surface area contributed by atoms with E-state index in [1.54, 1.807) is 0 Å². The number of rotatable bonds is 7. The fourth-order valence-electron chi connectivity index (χ4n) is 9.29. The zero-order chi connectivity index (χ0) is 36.6. The molecular weight excluding hydrogens is 683 g/mol. The van der Waals surface area contributed by atoms with E-state index in [0.29, 0.717) is 0 Å². The molecule has 0 bridgehead atoms. The molecule has 1 saturated carbocycles. The summed E-state index contributed by atoms with van der Waals surface area (Å²) in [5.74, 6) is 0. The third-order valence-electron chi connectivity index (χ3n) is 12.0. The monoisotopic (exact) mass is 725 g/mol. The number of thiophene rings is 1. The molecule has 1 aliphatic rings. The average Bonchev–Trinajstić information content (AvgIpc) is 3.44. The second-order valence-corrected chi connectivity index (χ2v) is 16.2. The number of anilines is 3. The summed E-state index contributed by atoms with van der Waals surface area (Å²) in [6.07, 6.45) is 7.58. The van der Waals surface area contributed by atoms with Gasteiger partial charge in [-0.3, -0.25) is 0 Å². The highest BCUT2D eigenvalue weighted by Gasteiger charge is 2.34. The predicted molar refractivity (Wildman–Crippen MR) is 237 cm³/mol. The topological polar surface area (TPSA) is 3.24 Å². The Morgan fingerprint density at radius 2 is 0.982 bits per heavy atom. The maximum Gasteiger partial charge on any atom is 0.0476 e. The summed E-state index contributed by atoms with van der Waals surface area (Å²) in [7, 11) is 0. The average molecular weight is 726 g/mol. The van der Waals surface area contributed by atoms with Crippen LogP contribution in [0.15, 0.2) is 188 Å². The Hall–Kier alpha value is -5.96. The summed E-state index contributed by atoms with van der Waals surface area (Å²) in [5.41, 5.74) is 11.5. The fourth-order valence-corrected chi connectivity index (χ4v) is 10.5. The number of benzene rings is 8. The van der Waals surface area contributed by atoms with Crippen LogP contribution < -0.4 is 4.90 Å². The van der Waals surface area contributed by atoms with Crippen molar-refractivity contribution >= 4 is 59.3 Å². The molecule has 1 nitrogen and oxygen atoms in total. The van der Waals surface area contributed by atoms with Crippen molar-refractivity contribution in [1.82, 2.24) is 0 Å². The zero-order valence-corrected chi connectivity index (χ0v) is 31.8. The summed E-state index contributed by atoms with van der Waals surface area (Å²) in [6, 6.07) is 69.9. The minimum absolute atomic E-state index is 0.0493. The predicted octanol–water partition coefficient (Wildman–Crippen LogP) is 15.7. The van der Waals surface area contributed by atoms with E-state index in [9.17, 15) is 0 Å². The second kappa shape index (κ2) is 14.4. The van der Waals surface area contributed by atoms with Gasteiger partial charge < -0.3 is 4.90 Å². The molecule has 0 saturated heterocycles. The normalized spacial score (nSPS) is 14.3. The molecule has 9 aromatic rings. The SMILES string of the molecule is c1ccc(-c2cccc3sc4cc(N(c5ccc(-c6cccc7ccccc67)cc5)c5ccc(C6(c7ccccc7)CCCCCC6)cc5)ccc4c23)cc1. The Kier molecular flexibility index (Phi) is 8.77. The van der Waals surface area contributed by atoms with Crippen LogP contribution >= 0.6 is 11.3 Å². The second-order valence-electron chi connectivity index (χ2n) is 15.1. The van der Waals surface area contributed by atoms with E-state index in [1.807, 2.05) is 11.3 Å². The number of fused-ring (bicyclic) bond motifs is 4. The summed E-state index contributed by atoms with van der Waals surface area (Å²) in [6.45, 7) is 0. The van der Waals surface area contributed by atoms with E-state index in [-0.39, 0.29) is 5.41 Å². The molecule has 266 valence electrons. The highest BCUT2D eigenvalue weighted by molar-refractivity contribution is 7.26. The highest BCUT2D eigenvalue weighted by Crippen LogP contribution is 2.47. The molecule has 1 fully saturated rings. The van der Waals surface area contributed by atoms with Crippen molar-refractivity contribution in [1.29, 1.82) is 0 Å². The van der Waals surface area contributed by atoms with Gasteiger partial charge in [0.25, 0.3) is 0 Å². The fraction of sp³-hybridized carbons (Fsp3) is 0.132. The van der Waals surface area contributed by atoms with Gasteiger partial charge >= 0.3 is 0 Å². The van der Waals surface area contributed by atoms with Crippen molar-refractivity contribution in [2.45, 2.75) is 43.9 Å². The Morgan fingerprint density at radius 1 is 0.400 bits per heavy atom. The van der Waals surface area contributed by atoms with Crippen molar-refractivity contribution < 1.29 is 0 Å². The van der Waals surface area contributed by atoms with Gasteiger partial charge in [-0.15, -0.1) is 11.3 Å². The van der Waals surface area contributed by atoms with Crippen LogP contribution in [0.5, 0.6) is 0 Å². The molecule has 0 amide bonds. The lowest BCUT2D eigenvalue weighted by atomic mass is 9.69. The molecule has 10 rings (SSSR count). The van der Waals surface area contributed by atoms with Crippen molar-refractivity contribution in [3.8, 4) is 22.3 Å². The highest BCUT2D eigenvalue weighted by atomic mass is 32.1. The van der Waals surface area contributed by atoms with Crippen LogP contribution in [0.2, 0.25) is 0 Å². The first-order valence-corrected chi connectivity index (χ1v) is 20.6. The molecule has 0 aliphatic heterocycles. The summed E-state index contributed by atoms with van der Waals surface area (Å²) < 4.78 is 2.62. The van der Waals surface area contributed by atoms with Crippen LogP contribution in [0, 0.1) is 0 Å². The van der Waals surface area contributed by atoms with Crippen molar-refractivity contribution in [3.63, 3.8) is 0 Å². The molecule has 55 heavy (non-hydrogen) atoms. The standard InChI is InChI=1S/C53H43NS/c1-2-12-36-53(35-11-1,41-19-7-4-8-20-41)42-27-31-44(32-28-42)54(43-29-25-40(26-30-43)47-22-13-18-38-17-9-10-21-46(38)47)45-33-34-49-51(37-45)55-50-24-14-23-48(52(49)50)39-15-5-3-6-16-39/h3-10,13-34,37H,1-2,11-12,35-36H2. The van der Waals surface area contributed by atoms with Crippen molar-refractivity contribution in [2.75, 3.05) is 4.90 Å². The lowest BCUT2D eigenvalue weighted by Crippen LogP contribution is -2.27. The third kappa shape index (κ3) is 6.12. The van der Waals surface area contributed by atoms with Crippen LogP contribution in [-0.2, 0) is 5.41 Å². The maximum absolute atomic E-state index is 2.45.